The minimum atomic E-state index is 0.187. The van der Waals surface area contributed by atoms with Crippen molar-refractivity contribution < 1.29 is 0 Å². The van der Waals surface area contributed by atoms with Crippen molar-refractivity contribution in [2.75, 3.05) is 0 Å². The van der Waals surface area contributed by atoms with Gasteiger partial charge in [0.15, 0.2) is 0 Å². The van der Waals surface area contributed by atoms with E-state index in [-0.39, 0.29) is 6.04 Å². The van der Waals surface area contributed by atoms with Crippen molar-refractivity contribution in [3.05, 3.63) is 34.3 Å². The molecule has 0 aliphatic carbocycles. The molecule has 2 N–H and O–H groups in total. The number of nitrogens with two attached hydrogens (primary N) is 1. The van der Waals surface area contributed by atoms with Crippen LogP contribution in [0.25, 0.3) is 0 Å². The molecule has 0 saturated heterocycles. The van der Waals surface area contributed by atoms with Gasteiger partial charge in [-0.25, -0.2) is 0 Å². The molecule has 0 bridgehead atoms. The number of benzene rings is 1. The van der Waals surface area contributed by atoms with E-state index in [1.165, 1.54) is 5.56 Å². The minimum Gasteiger partial charge on any atom is -0.324 e. The number of rotatable bonds is 3. The second-order valence-corrected chi connectivity index (χ2v) is 3.87. The van der Waals surface area contributed by atoms with Crippen molar-refractivity contribution in [2.24, 2.45) is 5.73 Å². The normalized spacial score (nSPS) is 12.9. The molecule has 1 rings (SSSR count). The first-order valence-corrected chi connectivity index (χ1v) is 5.04. The van der Waals surface area contributed by atoms with Gasteiger partial charge in [-0.15, -0.1) is 0 Å². The maximum absolute atomic E-state index is 5.95. The van der Waals surface area contributed by atoms with Gasteiger partial charge in [0.1, 0.15) is 0 Å². The molecule has 1 aromatic rings. The fraction of sp³-hybridized carbons (Fsp3) is 0.400. The molecule has 0 aliphatic rings. The molecule has 1 aromatic carbocycles. The summed E-state index contributed by atoms with van der Waals surface area (Å²) in [7, 11) is 0. The van der Waals surface area contributed by atoms with Gasteiger partial charge in [-0.05, 0) is 24.1 Å². The van der Waals surface area contributed by atoms with Gasteiger partial charge in [0.2, 0.25) is 0 Å². The third-order valence-corrected chi connectivity index (χ3v) is 2.37. The summed E-state index contributed by atoms with van der Waals surface area (Å²) in [4.78, 5) is 0. The Labute approximate surface area is 82.1 Å². The Hall–Kier alpha value is -0.340. The lowest BCUT2D eigenvalue weighted by Crippen LogP contribution is -2.09. The highest BCUT2D eigenvalue weighted by Crippen LogP contribution is 2.19. The molecule has 0 spiro atoms. The Bertz CT molecular complexity index is 247. The Morgan fingerprint density at radius 2 is 2.25 bits per heavy atom. The second kappa shape index (κ2) is 4.63. The van der Waals surface area contributed by atoms with Gasteiger partial charge in [-0.3, -0.25) is 0 Å². The third kappa shape index (κ3) is 2.61. The van der Waals surface area contributed by atoms with Gasteiger partial charge >= 0.3 is 0 Å². The van der Waals surface area contributed by atoms with E-state index in [0.29, 0.717) is 0 Å². The predicted molar refractivity (Wildman–Crippen MR) is 56.0 cm³/mol. The van der Waals surface area contributed by atoms with Crippen LogP contribution in [0.1, 0.15) is 31.4 Å². The molecule has 12 heavy (non-hydrogen) atoms. The fourth-order valence-electron chi connectivity index (χ4n) is 1.21. The zero-order chi connectivity index (χ0) is 8.97. The number of halogens is 1. The second-order valence-electron chi connectivity index (χ2n) is 2.95. The van der Waals surface area contributed by atoms with Crippen LogP contribution in [0.3, 0.4) is 0 Å². The first-order valence-electron chi connectivity index (χ1n) is 4.25. The topological polar surface area (TPSA) is 26.0 Å². The minimum absolute atomic E-state index is 0.187. The van der Waals surface area contributed by atoms with Gasteiger partial charge in [-0.2, -0.15) is 0 Å². The molecule has 0 heterocycles. The number of hydrogen-bond donors (Lipinski definition) is 1. The van der Waals surface area contributed by atoms with Crippen LogP contribution < -0.4 is 5.73 Å². The highest BCUT2D eigenvalue weighted by molar-refractivity contribution is 9.10. The highest BCUT2D eigenvalue weighted by Gasteiger charge is 2.03. The average Bonchev–Trinajstić information content (AvgIpc) is 2.05. The zero-order valence-corrected chi connectivity index (χ0v) is 8.84. The molecule has 66 valence electrons. The lowest BCUT2D eigenvalue weighted by atomic mass is 10.0. The highest BCUT2D eigenvalue weighted by atomic mass is 79.9. The molecule has 0 amide bonds. The molecule has 0 aromatic heterocycles. The summed E-state index contributed by atoms with van der Waals surface area (Å²) in [5.74, 6) is 0. The Balaban J connectivity index is 2.73. The number of hydrogen-bond acceptors (Lipinski definition) is 1. The summed E-state index contributed by atoms with van der Waals surface area (Å²) in [6.45, 7) is 2.15. The molecule has 1 nitrogen and oxygen atoms in total. The van der Waals surface area contributed by atoms with Crippen LogP contribution in [0.15, 0.2) is 28.7 Å². The fourth-order valence-corrected chi connectivity index (χ4v) is 1.63. The summed E-state index contributed by atoms with van der Waals surface area (Å²) < 4.78 is 1.10. The van der Waals surface area contributed by atoms with Crippen LogP contribution in [-0.2, 0) is 0 Å². The van der Waals surface area contributed by atoms with E-state index in [0.717, 1.165) is 17.3 Å². The van der Waals surface area contributed by atoms with Crippen LogP contribution in [-0.4, -0.2) is 0 Å². The maximum atomic E-state index is 5.95. The zero-order valence-electron chi connectivity index (χ0n) is 7.26. The van der Waals surface area contributed by atoms with Gasteiger partial charge in [-0.1, -0.05) is 41.4 Å². The maximum Gasteiger partial charge on any atom is 0.0295 e. The summed E-state index contributed by atoms with van der Waals surface area (Å²) in [5, 5.41) is 0. The van der Waals surface area contributed by atoms with Crippen LogP contribution in [0.2, 0.25) is 0 Å². The van der Waals surface area contributed by atoms with Crippen LogP contribution in [0, 0.1) is 0 Å². The largest absolute Gasteiger partial charge is 0.324 e. The van der Waals surface area contributed by atoms with E-state index in [1.54, 1.807) is 0 Å². The van der Waals surface area contributed by atoms with Gasteiger partial charge < -0.3 is 5.73 Å². The smallest absolute Gasteiger partial charge is 0.0295 e. The molecule has 0 saturated carbocycles. The Morgan fingerprint density at radius 3 is 2.83 bits per heavy atom. The summed E-state index contributed by atoms with van der Waals surface area (Å²) in [6, 6.07) is 8.38. The van der Waals surface area contributed by atoms with Gasteiger partial charge in [0.05, 0.1) is 0 Å². The summed E-state index contributed by atoms with van der Waals surface area (Å²) in [6.07, 6.45) is 2.18. The quantitative estimate of drug-likeness (QED) is 0.844. The molecule has 2 heteroatoms. The third-order valence-electron chi connectivity index (χ3n) is 1.88. The molecule has 1 atom stereocenters. The lowest BCUT2D eigenvalue weighted by Gasteiger charge is -2.10. The molecule has 0 aliphatic heterocycles. The van der Waals surface area contributed by atoms with Crippen LogP contribution in [0.4, 0.5) is 0 Å². The first kappa shape index (κ1) is 9.75. The van der Waals surface area contributed by atoms with Crippen LogP contribution in [0.5, 0.6) is 0 Å². The van der Waals surface area contributed by atoms with E-state index < -0.39 is 0 Å². The first-order chi connectivity index (χ1) is 5.74. The van der Waals surface area contributed by atoms with Crippen molar-refractivity contribution in [3.63, 3.8) is 0 Å². The summed E-state index contributed by atoms with van der Waals surface area (Å²) in [5.41, 5.74) is 7.17. The van der Waals surface area contributed by atoms with Crippen molar-refractivity contribution in [3.8, 4) is 0 Å². The van der Waals surface area contributed by atoms with Crippen molar-refractivity contribution in [1.29, 1.82) is 0 Å². The Kier molecular flexibility index (Phi) is 3.76. The molecule has 0 unspecified atom stereocenters. The molecule has 0 radical (unpaired) electrons. The van der Waals surface area contributed by atoms with E-state index in [4.69, 9.17) is 5.73 Å². The van der Waals surface area contributed by atoms with E-state index in [1.807, 2.05) is 12.1 Å². The van der Waals surface area contributed by atoms with Gasteiger partial charge in [0.25, 0.3) is 0 Å². The monoisotopic (exact) mass is 227 g/mol. The van der Waals surface area contributed by atoms with Crippen molar-refractivity contribution >= 4 is 15.9 Å². The van der Waals surface area contributed by atoms with Crippen molar-refractivity contribution in [2.45, 2.75) is 25.8 Å². The van der Waals surface area contributed by atoms with E-state index in [9.17, 15) is 0 Å². The standard InChI is InChI=1S/C10H14BrN/c1-2-4-10(12)8-5-3-6-9(11)7-8/h3,5-7,10H,2,4,12H2,1H3/t10-/m1/s1. The van der Waals surface area contributed by atoms with E-state index >= 15 is 0 Å². The van der Waals surface area contributed by atoms with Gasteiger partial charge in [0, 0.05) is 10.5 Å². The molecule has 0 fully saturated rings. The molecular weight excluding hydrogens is 214 g/mol. The molecular formula is C10H14BrN. The SMILES string of the molecule is CCC[C@@H](N)c1cccc(Br)c1. The van der Waals surface area contributed by atoms with Crippen molar-refractivity contribution in [1.82, 2.24) is 0 Å². The van der Waals surface area contributed by atoms with Crippen LogP contribution >= 0.6 is 15.9 Å². The van der Waals surface area contributed by atoms with E-state index in [2.05, 4.69) is 35.0 Å². The Morgan fingerprint density at radius 1 is 1.50 bits per heavy atom. The average molecular weight is 228 g/mol. The summed E-state index contributed by atoms with van der Waals surface area (Å²) >= 11 is 3.43. The lowest BCUT2D eigenvalue weighted by molar-refractivity contribution is 0.638. The predicted octanol–water partition coefficient (Wildman–Crippen LogP) is 3.25.